The fourth-order valence-corrected chi connectivity index (χ4v) is 2.66. The molecule has 0 aliphatic heterocycles. The Hall–Kier alpha value is -0.960. The van der Waals surface area contributed by atoms with E-state index in [1.807, 2.05) is 24.3 Å². The van der Waals surface area contributed by atoms with E-state index < -0.39 is 0 Å². The van der Waals surface area contributed by atoms with Crippen molar-refractivity contribution in [1.29, 1.82) is 0 Å². The number of benzene rings is 2. The molecule has 3 heteroatoms. The van der Waals surface area contributed by atoms with Crippen molar-refractivity contribution in [2.24, 2.45) is 5.73 Å². The molecule has 0 aromatic heterocycles. The molecule has 0 unspecified atom stereocenters. The van der Waals surface area contributed by atoms with Gasteiger partial charge in [0.25, 0.3) is 0 Å². The smallest absolute Gasteiger partial charge is 0.0406 e. The van der Waals surface area contributed by atoms with Crippen molar-refractivity contribution < 1.29 is 0 Å². The second-order valence-corrected chi connectivity index (χ2v) is 5.42. The first-order chi connectivity index (χ1) is 8.19. The van der Waals surface area contributed by atoms with Gasteiger partial charge < -0.3 is 5.73 Å². The molecular formula is C14H14ClNS. The van der Waals surface area contributed by atoms with E-state index in [1.54, 1.807) is 11.8 Å². The lowest BCUT2D eigenvalue weighted by Crippen LogP contribution is -1.98. The summed E-state index contributed by atoms with van der Waals surface area (Å²) in [5.41, 5.74) is 8.19. The highest BCUT2D eigenvalue weighted by molar-refractivity contribution is 7.99. The van der Waals surface area contributed by atoms with E-state index in [0.717, 1.165) is 5.02 Å². The number of rotatable bonds is 3. The monoisotopic (exact) mass is 263 g/mol. The molecule has 1 nitrogen and oxygen atoms in total. The molecule has 0 atom stereocenters. The zero-order valence-corrected chi connectivity index (χ0v) is 11.2. The molecular weight excluding hydrogens is 250 g/mol. The maximum Gasteiger partial charge on any atom is 0.0406 e. The van der Waals surface area contributed by atoms with E-state index in [0.29, 0.717) is 6.54 Å². The molecule has 0 fully saturated rings. The van der Waals surface area contributed by atoms with Crippen LogP contribution < -0.4 is 5.73 Å². The molecule has 0 spiro atoms. The highest BCUT2D eigenvalue weighted by Crippen LogP contribution is 2.31. The van der Waals surface area contributed by atoms with Gasteiger partial charge in [0.05, 0.1) is 0 Å². The van der Waals surface area contributed by atoms with E-state index in [9.17, 15) is 0 Å². The van der Waals surface area contributed by atoms with E-state index in [4.69, 9.17) is 17.3 Å². The molecule has 0 aliphatic carbocycles. The van der Waals surface area contributed by atoms with Gasteiger partial charge >= 0.3 is 0 Å². The Bertz CT molecular complexity index is 508. The molecule has 0 saturated heterocycles. The minimum absolute atomic E-state index is 0.567. The average Bonchev–Trinajstić information content (AvgIpc) is 2.34. The molecule has 88 valence electrons. The van der Waals surface area contributed by atoms with Crippen molar-refractivity contribution in [3.63, 3.8) is 0 Å². The van der Waals surface area contributed by atoms with Gasteiger partial charge in [-0.3, -0.25) is 0 Å². The van der Waals surface area contributed by atoms with Crippen molar-refractivity contribution in [3.8, 4) is 0 Å². The molecule has 0 aliphatic rings. The molecule has 0 bridgehead atoms. The first-order valence-corrected chi connectivity index (χ1v) is 6.61. The third-order valence-electron chi connectivity index (χ3n) is 2.48. The molecule has 0 amide bonds. The summed E-state index contributed by atoms with van der Waals surface area (Å²) in [6.07, 6.45) is 0. The van der Waals surface area contributed by atoms with E-state index in [-0.39, 0.29) is 0 Å². The van der Waals surface area contributed by atoms with Gasteiger partial charge in [0.2, 0.25) is 0 Å². The highest BCUT2D eigenvalue weighted by atomic mass is 35.5. The Morgan fingerprint density at radius 1 is 1.12 bits per heavy atom. The van der Waals surface area contributed by atoms with Crippen molar-refractivity contribution in [3.05, 3.63) is 58.6 Å². The summed E-state index contributed by atoms with van der Waals surface area (Å²) < 4.78 is 0. The average molecular weight is 264 g/mol. The van der Waals surface area contributed by atoms with Crippen LogP contribution in [0.2, 0.25) is 5.02 Å². The normalized spacial score (nSPS) is 10.5. The number of nitrogens with two attached hydrogens (primary N) is 1. The fraction of sp³-hybridized carbons (Fsp3) is 0.143. The summed E-state index contributed by atoms with van der Waals surface area (Å²) >= 11 is 7.58. The predicted molar refractivity (Wildman–Crippen MR) is 74.6 cm³/mol. The van der Waals surface area contributed by atoms with Crippen LogP contribution in [0.3, 0.4) is 0 Å². The lowest BCUT2D eigenvalue weighted by molar-refractivity contribution is 1.02. The van der Waals surface area contributed by atoms with Crippen molar-refractivity contribution in [1.82, 2.24) is 0 Å². The van der Waals surface area contributed by atoms with Gasteiger partial charge in [-0.15, -0.1) is 0 Å². The van der Waals surface area contributed by atoms with E-state index in [1.165, 1.54) is 20.9 Å². The molecule has 2 rings (SSSR count). The van der Waals surface area contributed by atoms with Crippen LogP contribution in [0.5, 0.6) is 0 Å². The topological polar surface area (TPSA) is 26.0 Å². The van der Waals surface area contributed by atoms with Crippen LogP contribution in [-0.2, 0) is 6.54 Å². The van der Waals surface area contributed by atoms with Gasteiger partial charge in [0.15, 0.2) is 0 Å². The zero-order valence-electron chi connectivity index (χ0n) is 9.61. The van der Waals surface area contributed by atoms with Gasteiger partial charge in [-0.1, -0.05) is 41.1 Å². The van der Waals surface area contributed by atoms with E-state index >= 15 is 0 Å². The molecule has 0 heterocycles. The predicted octanol–water partition coefficient (Wildman–Crippen LogP) is 4.26. The van der Waals surface area contributed by atoms with Crippen LogP contribution in [-0.4, -0.2) is 0 Å². The van der Waals surface area contributed by atoms with Gasteiger partial charge in [-0.05, 0) is 42.8 Å². The van der Waals surface area contributed by atoms with Crippen LogP contribution in [0.1, 0.15) is 11.1 Å². The van der Waals surface area contributed by atoms with E-state index in [2.05, 4.69) is 25.1 Å². The molecule has 2 aromatic rings. The maximum atomic E-state index is 5.86. The maximum absolute atomic E-state index is 5.86. The summed E-state index contributed by atoms with van der Waals surface area (Å²) in [6, 6.07) is 14.2. The summed E-state index contributed by atoms with van der Waals surface area (Å²) in [4.78, 5) is 2.38. The number of halogens is 1. The lowest BCUT2D eigenvalue weighted by atomic mass is 10.1. The standard InChI is InChI=1S/C14H14ClNS/c1-10-2-7-14(11(8-10)9-16)17-13-5-3-12(15)4-6-13/h2-8H,9,16H2,1H3. The number of hydrogen-bond donors (Lipinski definition) is 1. The second-order valence-electron chi connectivity index (χ2n) is 3.87. The fourth-order valence-electron chi connectivity index (χ4n) is 1.60. The van der Waals surface area contributed by atoms with Crippen LogP contribution in [0.4, 0.5) is 0 Å². The Morgan fingerprint density at radius 2 is 1.82 bits per heavy atom. The van der Waals surface area contributed by atoms with Crippen LogP contribution >= 0.6 is 23.4 Å². The molecule has 2 aromatic carbocycles. The van der Waals surface area contributed by atoms with Gasteiger partial charge in [-0.25, -0.2) is 0 Å². The molecule has 17 heavy (non-hydrogen) atoms. The Morgan fingerprint density at radius 3 is 2.47 bits per heavy atom. The van der Waals surface area contributed by atoms with Crippen molar-refractivity contribution in [2.45, 2.75) is 23.3 Å². The van der Waals surface area contributed by atoms with Crippen LogP contribution in [0.25, 0.3) is 0 Å². The largest absolute Gasteiger partial charge is 0.326 e. The van der Waals surface area contributed by atoms with Crippen molar-refractivity contribution >= 4 is 23.4 Å². The van der Waals surface area contributed by atoms with Gasteiger partial charge in [0, 0.05) is 21.4 Å². The summed E-state index contributed by atoms with van der Waals surface area (Å²) in [5.74, 6) is 0. The minimum Gasteiger partial charge on any atom is -0.326 e. The third kappa shape index (κ3) is 3.25. The quantitative estimate of drug-likeness (QED) is 0.896. The summed E-state index contributed by atoms with van der Waals surface area (Å²) in [6.45, 7) is 2.65. The Labute approximate surface area is 111 Å². The minimum atomic E-state index is 0.567. The molecule has 0 saturated carbocycles. The third-order valence-corrected chi connectivity index (χ3v) is 3.86. The van der Waals surface area contributed by atoms with Gasteiger partial charge in [0.1, 0.15) is 0 Å². The molecule has 0 radical (unpaired) electrons. The Balaban J connectivity index is 2.26. The molecule has 2 N–H and O–H groups in total. The summed E-state index contributed by atoms with van der Waals surface area (Å²) in [7, 11) is 0. The van der Waals surface area contributed by atoms with Crippen LogP contribution in [0.15, 0.2) is 52.3 Å². The van der Waals surface area contributed by atoms with Crippen molar-refractivity contribution in [2.75, 3.05) is 0 Å². The second kappa shape index (κ2) is 5.58. The number of hydrogen-bond acceptors (Lipinski definition) is 2. The number of aryl methyl sites for hydroxylation is 1. The highest BCUT2D eigenvalue weighted by Gasteiger charge is 2.03. The SMILES string of the molecule is Cc1ccc(Sc2ccc(Cl)cc2)c(CN)c1. The first-order valence-electron chi connectivity index (χ1n) is 5.42. The first kappa shape index (κ1) is 12.5. The zero-order chi connectivity index (χ0) is 12.3. The summed E-state index contributed by atoms with van der Waals surface area (Å²) in [5, 5.41) is 0.761. The lowest BCUT2D eigenvalue weighted by Gasteiger charge is -2.08. The Kier molecular flexibility index (Phi) is 4.11. The van der Waals surface area contributed by atoms with Crippen LogP contribution in [0, 0.1) is 6.92 Å². The van der Waals surface area contributed by atoms with Gasteiger partial charge in [-0.2, -0.15) is 0 Å².